The minimum Gasteiger partial charge on any atom is -0.344 e. The van der Waals surface area contributed by atoms with E-state index in [0.29, 0.717) is 0 Å². The van der Waals surface area contributed by atoms with Gasteiger partial charge in [-0.15, -0.1) is 0 Å². The molecule has 0 spiro atoms. The molecular weight excluding hydrogens is 461 g/mol. The fourth-order valence-electron chi connectivity index (χ4n) is 5.30. The van der Waals surface area contributed by atoms with Crippen molar-refractivity contribution >= 4 is 23.5 Å². The van der Waals surface area contributed by atoms with Gasteiger partial charge in [-0.1, -0.05) is 56.5 Å². The van der Waals surface area contributed by atoms with E-state index in [1.165, 1.54) is 0 Å². The molecule has 0 saturated heterocycles. The summed E-state index contributed by atoms with van der Waals surface area (Å²) in [6.45, 7) is 19.1. The average molecular weight is 500 g/mol. The SMILES string of the molecule is C=C1C(C)N(C(C)CC)c2nc(N3C(=C)C4=C(C=CCC=C4)C3C(/C=N\C=C/C)=C/C)c(F)cc2N1C. The van der Waals surface area contributed by atoms with Crippen molar-refractivity contribution in [2.75, 3.05) is 21.7 Å². The highest BCUT2D eigenvalue weighted by Crippen LogP contribution is 2.46. The number of hydrogen-bond acceptors (Lipinski definition) is 5. The van der Waals surface area contributed by atoms with Crippen LogP contribution >= 0.6 is 0 Å². The molecule has 4 rings (SSSR count). The maximum Gasteiger partial charge on any atom is 0.172 e. The molecule has 0 saturated carbocycles. The first-order valence-electron chi connectivity index (χ1n) is 13.0. The van der Waals surface area contributed by atoms with Gasteiger partial charge in [0, 0.05) is 48.5 Å². The molecule has 3 aliphatic rings. The molecule has 6 heteroatoms. The first-order valence-corrected chi connectivity index (χ1v) is 13.0. The van der Waals surface area contributed by atoms with Crippen LogP contribution in [0.25, 0.3) is 0 Å². The van der Waals surface area contributed by atoms with E-state index in [-0.39, 0.29) is 23.9 Å². The highest BCUT2D eigenvalue weighted by molar-refractivity contribution is 5.87. The molecular formula is C31H38FN5. The predicted octanol–water partition coefficient (Wildman–Crippen LogP) is 7.24. The molecule has 3 atom stereocenters. The third-order valence-electron chi connectivity index (χ3n) is 7.58. The fraction of sp³-hybridized carbons (Fsp3) is 0.355. The molecule has 3 unspecified atom stereocenters. The van der Waals surface area contributed by atoms with Crippen LogP contribution in [0.2, 0.25) is 0 Å². The Morgan fingerprint density at radius 1 is 1.24 bits per heavy atom. The Kier molecular flexibility index (Phi) is 7.67. The van der Waals surface area contributed by atoms with E-state index >= 15 is 4.39 Å². The Balaban J connectivity index is 1.93. The number of anilines is 3. The Labute approximate surface area is 221 Å². The van der Waals surface area contributed by atoms with Crippen LogP contribution in [-0.2, 0) is 0 Å². The zero-order valence-corrected chi connectivity index (χ0v) is 22.9. The van der Waals surface area contributed by atoms with E-state index in [0.717, 1.165) is 52.5 Å². The molecule has 5 nitrogen and oxygen atoms in total. The van der Waals surface area contributed by atoms with E-state index in [4.69, 9.17) is 4.98 Å². The molecule has 37 heavy (non-hydrogen) atoms. The van der Waals surface area contributed by atoms with Crippen molar-refractivity contribution in [3.8, 4) is 0 Å². The van der Waals surface area contributed by atoms with Crippen molar-refractivity contribution in [2.45, 2.75) is 65.6 Å². The van der Waals surface area contributed by atoms with Gasteiger partial charge in [0.1, 0.15) is 0 Å². The molecule has 0 amide bonds. The van der Waals surface area contributed by atoms with Gasteiger partial charge in [-0.3, -0.25) is 4.99 Å². The van der Waals surface area contributed by atoms with Crippen LogP contribution in [0, 0.1) is 5.82 Å². The number of nitrogens with zero attached hydrogens (tertiary/aromatic N) is 5. The molecule has 0 radical (unpaired) electrons. The highest BCUT2D eigenvalue weighted by atomic mass is 19.1. The quantitative estimate of drug-likeness (QED) is 0.386. The Bertz CT molecular complexity index is 1280. The Hall–Kier alpha value is -3.67. The van der Waals surface area contributed by atoms with Gasteiger partial charge in [0.25, 0.3) is 0 Å². The normalized spacial score (nSPS) is 23.0. The fourth-order valence-corrected chi connectivity index (χ4v) is 5.30. The van der Waals surface area contributed by atoms with Gasteiger partial charge in [0.05, 0.1) is 17.8 Å². The number of aromatic nitrogens is 1. The maximum atomic E-state index is 16.1. The number of hydrogen-bond donors (Lipinski definition) is 0. The summed E-state index contributed by atoms with van der Waals surface area (Å²) in [6.07, 6.45) is 17.7. The first-order chi connectivity index (χ1) is 17.8. The molecule has 194 valence electrons. The number of likely N-dealkylation sites (N-methyl/N-ethyl adjacent to an activating group) is 1. The highest BCUT2D eigenvalue weighted by Gasteiger charge is 2.40. The number of pyridine rings is 1. The van der Waals surface area contributed by atoms with Crippen molar-refractivity contribution in [3.05, 3.63) is 95.8 Å². The molecule has 0 fully saturated rings. The van der Waals surface area contributed by atoms with Gasteiger partial charge in [0.2, 0.25) is 0 Å². The first kappa shape index (κ1) is 26.4. The van der Waals surface area contributed by atoms with Crippen molar-refractivity contribution < 1.29 is 4.39 Å². The standard InChI is InChI=1S/C31H38FN5/c1-9-17-33-19-24(11-3)29-26-16-14-12-13-15-25(26)23(7)37(29)30-27(32)18-28-31(34-30)36(20(4)10-2)22(6)21(5)35(28)8/h9,11,13-20,22,29H,5,7,10,12H2,1-4,6,8H3/b17-9-,24-11+,33-19-. The number of halogens is 1. The van der Waals surface area contributed by atoms with E-state index in [9.17, 15) is 0 Å². The van der Waals surface area contributed by atoms with E-state index < -0.39 is 5.82 Å². The average Bonchev–Trinajstić information content (AvgIpc) is 3.03. The second kappa shape index (κ2) is 10.8. The van der Waals surface area contributed by atoms with Crippen LogP contribution in [-0.4, -0.2) is 36.4 Å². The van der Waals surface area contributed by atoms with Gasteiger partial charge >= 0.3 is 0 Å². The summed E-state index contributed by atoms with van der Waals surface area (Å²) in [4.78, 5) is 15.6. The van der Waals surface area contributed by atoms with E-state index in [2.05, 4.69) is 68.1 Å². The van der Waals surface area contributed by atoms with E-state index in [1.54, 1.807) is 12.3 Å². The predicted molar refractivity (Wildman–Crippen MR) is 156 cm³/mol. The van der Waals surface area contributed by atoms with Crippen LogP contribution in [0.1, 0.15) is 47.5 Å². The number of fused-ring (bicyclic) bond motifs is 1. The third-order valence-corrected chi connectivity index (χ3v) is 7.58. The summed E-state index contributed by atoms with van der Waals surface area (Å²) in [5, 5.41) is 0. The van der Waals surface area contributed by atoms with Gasteiger partial charge in [-0.05, 0) is 51.7 Å². The van der Waals surface area contributed by atoms with Crippen molar-refractivity contribution in [2.24, 2.45) is 4.99 Å². The lowest BCUT2D eigenvalue weighted by Crippen LogP contribution is -2.49. The van der Waals surface area contributed by atoms with Crippen LogP contribution in [0.15, 0.2) is 95.0 Å². The largest absolute Gasteiger partial charge is 0.344 e. The van der Waals surface area contributed by atoms with Crippen molar-refractivity contribution in [1.82, 2.24) is 4.98 Å². The van der Waals surface area contributed by atoms with Crippen molar-refractivity contribution in [1.29, 1.82) is 0 Å². The lowest BCUT2D eigenvalue weighted by Gasteiger charge is -2.45. The number of aliphatic imine (C=N–C) groups is 1. The second-order valence-electron chi connectivity index (χ2n) is 9.71. The van der Waals surface area contributed by atoms with Crippen LogP contribution in [0.4, 0.5) is 21.7 Å². The summed E-state index contributed by atoms with van der Waals surface area (Å²) < 4.78 is 16.1. The monoisotopic (exact) mass is 499 g/mol. The summed E-state index contributed by atoms with van der Waals surface area (Å²) in [7, 11) is 1.93. The molecule has 2 aliphatic heterocycles. The van der Waals surface area contributed by atoms with Crippen molar-refractivity contribution in [3.63, 3.8) is 0 Å². The molecule has 0 N–H and O–H groups in total. The molecule has 1 aliphatic carbocycles. The zero-order valence-electron chi connectivity index (χ0n) is 22.9. The van der Waals surface area contributed by atoms with Gasteiger partial charge in [-0.25, -0.2) is 9.37 Å². The minimum absolute atomic E-state index is 0.0376. The maximum absolute atomic E-state index is 16.1. The zero-order chi connectivity index (χ0) is 26.9. The Morgan fingerprint density at radius 3 is 2.65 bits per heavy atom. The Morgan fingerprint density at radius 2 is 1.97 bits per heavy atom. The van der Waals surface area contributed by atoms with Gasteiger partial charge < -0.3 is 14.7 Å². The summed E-state index contributed by atoms with van der Waals surface area (Å²) in [6, 6.07) is 1.54. The van der Waals surface area contributed by atoms with E-state index in [1.807, 2.05) is 49.1 Å². The minimum atomic E-state index is -0.394. The molecule has 1 aromatic rings. The topological polar surface area (TPSA) is 35.0 Å². The number of rotatable bonds is 6. The van der Waals surface area contributed by atoms with Gasteiger partial charge in [0.15, 0.2) is 17.5 Å². The number of allylic oxidation sites excluding steroid dienone is 5. The third kappa shape index (κ3) is 4.50. The lowest BCUT2D eigenvalue weighted by molar-refractivity contribution is 0.545. The molecule has 0 aromatic carbocycles. The smallest absolute Gasteiger partial charge is 0.172 e. The summed E-state index contributed by atoms with van der Waals surface area (Å²) in [5.74, 6) is 0.635. The summed E-state index contributed by atoms with van der Waals surface area (Å²) in [5.41, 5.74) is 5.38. The molecule has 3 heterocycles. The lowest BCUT2D eigenvalue weighted by atomic mass is 9.97. The molecule has 0 bridgehead atoms. The van der Waals surface area contributed by atoms with Crippen LogP contribution < -0.4 is 14.7 Å². The second-order valence-corrected chi connectivity index (χ2v) is 9.71. The van der Waals surface area contributed by atoms with Crippen LogP contribution in [0.5, 0.6) is 0 Å². The van der Waals surface area contributed by atoms with Gasteiger partial charge in [-0.2, -0.15) is 0 Å². The van der Waals surface area contributed by atoms with Crippen LogP contribution in [0.3, 0.4) is 0 Å². The summed E-state index contributed by atoms with van der Waals surface area (Å²) >= 11 is 0. The molecule has 1 aromatic heterocycles.